The fourth-order valence-corrected chi connectivity index (χ4v) is 4.96. The minimum Gasteiger partial charge on any atom is -0.379 e. The maximum atomic E-state index is 12.9. The molecule has 0 saturated carbocycles. The van der Waals surface area contributed by atoms with Crippen molar-refractivity contribution in [2.75, 3.05) is 71.2 Å². The summed E-state index contributed by atoms with van der Waals surface area (Å²) in [7, 11) is -6.98. The fraction of sp³-hybridized carbons (Fsp3) is 0.684. The molecule has 2 aliphatic rings. The molecule has 0 amide bonds. The van der Waals surface area contributed by atoms with Crippen LogP contribution in [0.3, 0.4) is 0 Å². The first kappa shape index (κ1) is 25.2. The molecule has 1 N–H and O–H groups in total. The Morgan fingerprint density at radius 1 is 0.933 bits per heavy atom. The lowest BCUT2D eigenvalue weighted by molar-refractivity contribution is -0.00459. The van der Waals surface area contributed by atoms with E-state index >= 15 is 0 Å². The van der Waals surface area contributed by atoms with E-state index in [4.69, 9.17) is 14.0 Å². The molecule has 2 heterocycles. The molecule has 1 atom stereocenters. The van der Waals surface area contributed by atoms with Gasteiger partial charge in [-0.05, 0) is 19.1 Å². The number of aryl methyl sites for hydroxylation is 1. The zero-order valence-corrected chi connectivity index (χ0v) is 19.2. The summed E-state index contributed by atoms with van der Waals surface area (Å²) in [6.07, 6.45) is 0.715. The topological polar surface area (TPSA) is 113 Å². The van der Waals surface area contributed by atoms with Crippen molar-refractivity contribution in [3.05, 3.63) is 29.8 Å². The van der Waals surface area contributed by atoms with Crippen LogP contribution in [0.4, 0.5) is 0 Å². The third-order valence-corrected chi connectivity index (χ3v) is 6.74. The van der Waals surface area contributed by atoms with Gasteiger partial charge in [0.15, 0.2) is 9.84 Å². The second kappa shape index (κ2) is 11.5. The molecule has 3 rings (SSSR count). The molecule has 30 heavy (non-hydrogen) atoms. The Labute approximate surface area is 179 Å². The zero-order valence-electron chi connectivity index (χ0n) is 17.6. The van der Waals surface area contributed by atoms with Gasteiger partial charge in [-0.1, -0.05) is 17.7 Å². The fourth-order valence-electron chi connectivity index (χ4n) is 3.39. The van der Waals surface area contributed by atoms with Crippen LogP contribution in [0, 0.1) is 6.92 Å². The molecule has 9 nitrogen and oxygen atoms in total. The first-order valence-electron chi connectivity index (χ1n) is 9.88. The molecule has 2 aliphatic heterocycles. The summed E-state index contributed by atoms with van der Waals surface area (Å²) in [6.45, 7) is 8.82. The average Bonchev–Trinajstić information content (AvgIpc) is 2.68. The van der Waals surface area contributed by atoms with Crippen molar-refractivity contribution in [1.82, 2.24) is 9.80 Å². The second-order valence-electron chi connectivity index (χ2n) is 7.54. The first-order chi connectivity index (χ1) is 14.0. The van der Waals surface area contributed by atoms with Gasteiger partial charge in [0.1, 0.15) is 0 Å². The van der Waals surface area contributed by atoms with E-state index in [-0.39, 0.29) is 11.8 Å². The third-order valence-electron chi connectivity index (χ3n) is 4.93. The summed E-state index contributed by atoms with van der Waals surface area (Å²) in [6, 6.07) is 7.14. The first-order valence-corrected chi connectivity index (χ1v) is 13.4. The van der Waals surface area contributed by atoms with Gasteiger partial charge in [0.05, 0.1) is 43.3 Å². The molecule has 1 unspecified atom stereocenters. The summed E-state index contributed by atoms with van der Waals surface area (Å²) in [4.78, 5) is 5.00. The molecule has 1 aromatic carbocycles. The van der Waals surface area contributed by atoms with E-state index < -0.39 is 20.0 Å². The Morgan fingerprint density at radius 2 is 1.40 bits per heavy atom. The SMILES string of the molecule is CS(=O)(=O)O.Cc1ccc(S(=O)(=O)CC(CN2CCOCC2)N2CCOCC2)cc1. The standard InChI is InChI=1S/C18H28N2O4S.CH4O3S/c1-16-2-4-18(5-3-16)25(21,22)15-17(20-8-12-24-13-9-20)14-19-6-10-23-11-7-19;1-5(2,3)4/h2-5,17H,6-15H2,1H3;1H3,(H,2,3,4). The summed E-state index contributed by atoms with van der Waals surface area (Å²) in [5.74, 6) is 0.146. The molecule has 2 fully saturated rings. The summed E-state index contributed by atoms with van der Waals surface area (Å²) < 4.78 is 62.6. The molecule has 0 aromatic heterocycles. The van der Waals surface area contributed by atoms with E-state index in [9.17, 15) is 16.8 Å². The molecule has 0 bridgehead atoms. The van der Waals surface area contributed by atoms with E-state index in [1.807, 2.05) is 19.1 Å². The molecule has 1 aromatic rings. The van der Waals surface area contributed by atoms with Gasteiger partial charge in [0, 0.05) is 38.8 Å². The smallest absolute Gasteiger partial charge is 0.261 e. The maximum Gasteiger partial charge on any atom is 0.261 e. The van der Waals surface area contributed by atoms with E-state index in [2.05, 4.69) is 9.80 Å². The molecule has 172 valence electrons. The van der Waals surface area contributed by atoms with Crippen LogP contribution in [-0.2, 0) is 29.4 Å². The quantitative estimate of drug-likeness (QED) is 0.594. The summed E-state index contributed by atoms with van der Waals surface area (Å²) in [5.41, 5.74) is 1.07. The molecule has 0 spiro atoms. The number of hydrogen-bond donors (Lipinski definition) is 1. The highest BCUT2D eigenvalue weighted by molar-refractivity contribution is 7.91. The van der Waals surface area contributed by atoms with Gasteiger partial charge < -0.3 is 9.47 Å². The van der Waals surface area contributed by atoms with Crippen LogP contribution >= 0.6 is 0 Å². The van der Waals surface area contributed by atoms with Crippen molar-refractivity contribution in [3.63, 3.8) is 0 Å². The number of ether oxygens (including phenoxy) is 2. The van der Waals surface area contributed by atoms with Crippen molar-refractivity contribution in [2.45, 2.75) is 17.9 Å². The molecular weight excluding hydrogens is 432 g/mol. The largest absolute Gasteiger partial charge is 0.379 e. The van der Waals surface area contributed by atoms with Gasteiger partial charge in [-0.3, -0.25) is 14.4 Å². The molecule has 0 aliphatic carbocycles. The number of sulfone groups is 1. The highest BCUT2D eigenvalue weighted by Crippen LogP contribution is 2.17. The predicted molar refractivity (Wildman–Crippen MR) is 114 cm³/mol. The highest BCUT2D eigenvalue weighted by Gasteiger charge is 2.29. The van der Waals surface area contributed by atoms with Crippen molar-refractivity contribution in [2.24, 2.45) is 0 Å². The number of nitrogens with zero attached hydrogens (tertiary/aromatic N) is 2. The zero-order chi connectivity index (χ0) is 22.2. The summed E-state index contributed by atoms with van der Waals surface area (Å²) in [5, 5.41) is 0. The monoisotopic (exact) mass is 464 g/mol. The van der Waals surface area contributed by atoms with Gasteiger partial charge in [0.2, 0.25) is 0 Å². The Kier molecular flexibility index (Phi) is 9.67. The minimum atomic E-state index is -3.67. The van der Waals surface area contributed by atoms with Crippen molar-refractivity contribution >= 4 is 20.0 Å². The predicted octanol–water partition coefficient (Wildman–Crippen LogP) is 0.306. The Hall–Kier alpha value is -1.08. The molecule has 11 heteroatoms. The van der Waals surface area contributed by atoms with Crippen LogP contribution in [0.2, 0.25) is 0 Å². The van der Waals surface area contributed by atoms with Crippen LogP contribution < -0.4 is 0 Å². The van der Waals surface area contributed by atoms with Gasteiger partial charge in [-0.25, -0.2) is 8.42 Å². The van der Waals surface area contributed by atoms with Crippen LogP contribution in [0.1, 0.15) is 5.56 Å². The lowest BCUT2D eigenvalue weighted by Gasteiger charge is -2.38. The van der Waals surface area contributed by atoms with Gasteiger partial charge >= 0.3 is 0 Å². The van der Waals surface area contributed by atoms with Gasteiger partial charge in [-0.15, -0.1) is 0 Å². The van der Waals surface area contributed by atoms with Crippen molar-refractivity contribution < 1.29 is 30.9 Å². The Morgan fingerprint density at radius 3 is 1.90 bits per heavy atom. The molecule has 0 radical (unpaired) electrons. The summed E-state index contributed by atoms with van der Waals surface area (Å²) >= 11 is 0. The average molecular weight is 465 g/mol. The lowest BCUT2D eigenvalue weighted by atomic mass is 10.2. The Bertz CT molecular complexity index is 837. The minimum absolute atomic E-state index is 0.0201. The normalized spacial score (nSPS) is 20.2. The molecular formula is C19H32N2O7S2. The van der Waals surface area contributed by atoms with E-state index in [1.54, 1.807) is 12.1 Å². The van der Waals surface area contributed by atoms with Crippen LogP contribution in [0.25, 0.3) is 0 Å². The number of hydrogen-bond acceptors (Lipinski definition) is 8. The van der Waals surface area contributed by atoms with E-state index in [0.29, 0.717) is 24.4 Å². The van der Waals surface area contributed by atoms with Crippen LogP contribution in [-0.4, -0.2) is 108 Å². The van der Waals surface area contributed by atoms with Gasteiger partial charge in [-0.2, -0.15) is 8.42 Å². The maximum absolute atomic E-state index is 12.9. The highest BCUT2D eigenvalue weighted by atomic mass is 32.2. The number of benzene rings is 1. The third kappa shape index (κ3) is 9.38. The molecule has 2 saturated heterocycles. The van der Waals surface area contributed by atoms with E-state index in [0.717, 1.165) is 51.5 Å². The number of morpholine rings is 2. The van der Waals surface area contributed by atoms with Crippen molar-refractivity contribution in [1.29, 1.82) is 0 Å². The number of rotatable bonds is 6. The van der Waals surface area contributed by atoms with Gasteiger partial charge in [0.25, 0.3) is 10.1 Å². The van der Waals surface area contributed by atoms with Crippen LogP contribution in [0.5, 0.6) is 0 Å². The lowest BCUT2D eigenvalue weighted by Crippen LogP contribution is -2.53. The Balaban J connectivity index is 0.000000575. The van der Waals surface area contributed by atoms with Crippen LogP contribution in [0.15, 0.2) is 29.2 Å². The van der Waals surface area contributed by atoms with E-state index in [1.165, 1.54) is 0 Å². The second-order valence-corrected chi connectivity index (χ2v) is 11.0. The van der Waals surface area contributed by atoms with Crippen molar-refractivity contribution in [3.8, 4) is 0 Å².